The number of rotatable bonds is 7. The van der Waals surface area contributed by atoms with Crippen molar-refractivity contribution in [3.8, 4) is 0 Å². The normalized spacial score (nSPS) is 18.4. The molecular weight excluding hydrogens is 394 g/mol. The number of amides is 1. The van der Waals surface area contributed by atoms with Crippen LogP contribution < -0.4 is 20.9 Å². The molecule has 10 heteroatoms. The van der Waals surface area contributed by atoms with Gasteiger partial charge in [-0.3, -0.25) is 9.89 Å². The summed E-state index contributed by atoms with van der Waals surface area (Å²) in [5.41, 5.74) is 2.18. The summed E-state index contributed by atoms with van der Waals surface area (Å²) in [5.74, 6) is 3.76. The Morgan fingerprint density at radius 2 is 2.06 bits per heavy atom. The molecular formula is C21H29N9O. The van der Waals surface area contributed by atoms with E-state index in [4.69, 9.17) is 4.98 Å². The van der Waals surface area contributed by atoms with Gasteiger partial charge in [-0.2, -0.15) is 10.1 Å². The quantitative estimate of drug-likeness (QED) is 0.427. The van der Waals surface area contributed by atoms with Crippen LogP contribution in [-0.4, -0.2) is 63.9 Å². The van der Waals surface area contributed by atoms with Crippen LogP contribution in [0.4, 0.5) is 17.6 Å². The second-order valence-electron chi connectivity index (χ2n) is 8.45. The van der Waals surface area contributed by atoms with Gasteiger partial charge in [0.15, 0.2) is 11.6 Å². The third kappa shape index (κ3) is 4.63. The van der Waals surface area contributed by atoms with Crippen molar-refractivity contribution < 1.29 is 4.79 Å². The van der Waals surface area contributed by atoms with Gasteiger partial charge >= 0.3 is 0 Å². The van der Waals surface area contributed by atoms with Crippen molar-refractivity contribution in [1.29, 1.82) is 0 Å². The van der Waals surface area contributed by atoms with Crippen LogP contribution in [0.3, 0.4) is 0 Å². The zero-order valence-electron chi connectivity index (χ0n) is 17.5. The molecule has 1 amide bonds. The summed E-state index contributed by atoms with van der Waals surface area (Å²) in [7, 11) is 0. The Morgan fingerprint density at radius 1 is 1.23 bits per heavy atom. The minimum Gasteiger partial charge on any atom is -0.358 e. The number of fused-ring (bicyclic) bond motifs is 1. The minimum atomic E-state index is 0.664. The van der Waals surface area contributed by atoms with Crippen LogP contribution in [0.25, 0.3) is 5.52 Å². The Labute approximate surface area is 180 Å². The Balaban J connectivity index is 0.000000217. The molecule has 0 bridgehead atoms. The molecule has 3 aromatic rings. The lowest BCUT2D eigenvalue weighted by atomic mass is 10.0. The number of aromatic amines is 1. The van der Waals surface area contributed by atoms with Crippen LogP contribution in [0.2, 0.25) is 0 Å². The molecule has 2 saturated heterocycles. The predicted molar refractivity (Wildman–Crippen MR) is 119 cm³/mol. The fourth-order valence-electron chi connectivity index (χ4n) is 3.90. The van der Waals surface area contributed by atoms with Crippen molar-refractivity contribution in [2.45, 2.75) is 31.6 Å². The maximum atomic E-state index is 9.72. The van der Waals surface area contributed by atoms with Crippen LogP contribution in [0.1, 0.15) is 37.3 Å². The fraction of sp³-hybridized carbons (Fsp3) is 0.524. The summed E-state index contributed by atoms with van der Waals surface area (Å²) in [6, 6.07) is 6.10. The van der Waals surface area contributed by atoms with Crippen LogP contribution in [0.15, 0.2) is 24.4 Å². The highest BCUT2D eigenvalue weighted by Crippen LogP contribution is 2.39. The van der Waals surface area contributed by atoms with Gasteiger partial charge in [0.25, 0.3) is 0 Å². The molecule has 6 rings (SSSR count). The van der Waals surface area contributed by atoms with Crippen LogP contribution >= 0.6 is 0 Å². The molecule has 0 radical (unpaired) electrons. The molecule has 31 heavy (non-hydrogen) atoms. The van der Waals surface area contributed by atoms with Crippen LogP contribution in [0.5, 0.6) is 0 Å². The molecule has 0 atom stereocenters. The highest BCUT2D eigenvalue weighted by atomic mass is 16.1. The number of nitrogens with zero attached hydrogens (tertiary/aromatic N) is 5. The van der Waals surface area contributed by atoms with E-state index in [1.165, 1.54) is 31.4 Å². The van der Waals surface area contributed by atoms with E-state index in [2.05, 4.69) is 42.2 Å². The molecule has 3 aliphatic rings. The van der Waals surface area contributed by atoms with Crippen LogP contribution in [-0.2, 0) is 4.79 Å². The largest absolute Gasteiger partial charge is 0.358 e. The predicted octanol–water partition coefficient (Wildman–Crippen LogP) is 1.63. The van der Waals surface area contributed by atoms with E-state index in [0.29, 0.717) is 11.8 Å². The van der Waals surface area contributed by atoms with Crippen molar-refractivity contribution in [3.05, 3.63) is 30.1 Å². The maximum Gasteiger partial charge on any atom is 0.245 e. The van der Waals surface area contributed by atoms with Crippen molar-refractivity contribution in [1.82, 2.24) is 35.4 Å². The minimum absolute atomic E-state index is 0.664. The molecule has 3 aromatic heterocycles. The monoisotopic (exact) mass is 423 g/mol. The first-order chi connectivity index (χ1) is 15.3. The summed E-state index contributed by atoms with van der Waals surface area (Å²) in [4.78, 5) is 16.7. The van der Waals surface area contributed by atoms with Gasteiger partial charge in [-0.05, 0) is 37.8 Å². The third-order valence-electron chi connectivity index (χ3n) is 5.99. The number of hydrogen-bond acceptors (Lipinski definition) is 7. The van der Waals surface area contributed by atoms with E-state index in [1.807, 2.05) is 22.8 Å². The van der Waals surface area contributed by atoms with E-state index in [1.54, 1.807) is 0 Å². The highest BCUT2D eigenvalue weighted by Gasteiger charge is 2.26. The van der Waals surface area contributed by atoms with Gasteiger partial charge in [-0.15, -0.1) is 5.10 Å². The lowest BCUT2D eigenvalue weighted by Crippen LogP contribution is -2.46. The smallest absolute Gasteiger partial charge is 0.245 e. The number of hydrogen-bond donors (Lipinski definition) is 4. The van der Waals surface area contributed by atoms with Gasteiger partial charge in [0.05, 0.1) is 0 Å². The van der Waals surface area contributed by atoms with Crippen molar-refractivity contribution in [2.75, 3.05) is 42.9 Å². The average Bonchev–Trinajstić information content (AvgIpc) is 3.16. The topological polar surface area (TPSA) is 115 Å². The van der Waals surface area contributed by atoms with Gasteiger partial charge in [0.1, 0.15) is 5.52 Å². The molecule has 1 saturated carbocycles. The third-order valence-corrected chi connectivity index (χ3v) is 5.99. The maximum absolute atomic E-state index is 9.72. The number of nitrogens with one attached hydrogen (secondary N) is 4. The van der Waals surface area contributed by atoms with Gasteiger partial charge in [0, 0.05) is 62.5 Å². The number of carbonyl (C=O) groups is 1. The van der Waals surface area contributed by atoms with Gasteiger partial charge < -0.3 is 20.9 Å². The molecule has 0 unspecified atom stereocenters. The molecule has 10 nitrogen and oxygen atoms in total. The molecule has 3 fully saturated rings. The second-order valence-corrected chi connectivity index (χ2v) is 8.45. The number of aromatic nitrogens is 5. The Hall–Kier alpha value is -3.14. The van der Waals surface area contributed by atoms with Crippen molar-refractivity contribution in [3.63, 3.8) is 0 Å². The number of carbonyl (C=O) groups excluding carboxylic acids is 1. The first kappa shape index (κ1) is 19.8. The Morgan fingerprint density at radius 3 is 2.77 bits per heavy atom. The summed E-state index contributed by atoms with van der Waals surface area (Å²) < 4.78 is 1.89. The summed E-state index contributed by atoms with van der Waals surface area (Å²) in [5, 5.41) is 21.2. The standard InChI is InChI=1S/C16H19N7.C5H10N2O/c1-2-8-22(7-1)16-18-15(13-4-3-9-23(13)21-16)17-14-10-12(19-20-14)11-5-6-11;8-4-7-3-5-1-6-2-5/h3-4,9-11H,1-2,5-8H2,(H2,17,18,19,20,21);4-6H,1-3H2,(H,7,8). The van der Waals surface area contributed by atoms with Crippen molar-refractivity contribution in [2.24, 2.45) is 5.92 Å². The van der Waals surface area contributed by atoms with Gasteiger partial charge in [-0.25, -0.2) is 4.52 Å². The first-order valence-corrected chi connectivity index (χ1v) is 11.1. The van der Waals surface area contributed by atoms with Gasteiger partial charge in [0.2, 0.25) is 12.4 Å². The number of H-pyrrole nitrogens is 1. The average molecular weight is 424 g/mol. The molecule has 4 N–H and O–H groups in total. The lowest BCUT2D eigenvalue weighted by Gasteiger charge is -2.26. The molecule has 164 valence electrons. The van der Waals surface area contributed by atoms with E-state index >= 15 is 0 Å². The molecule has 0 spiro atoms. The number of anilines is 3. The Kier molecular flexibility index (Phi) is 5.70. The SMILES string of the molecule is O=CNCC1CNC1.c1cc2c(Nc3cc(C4CC4)[nH]n3)nc(N3CCCC3)nn2c1. The van der Waals surface area contributed by atoms with E-state index < -0.39 is 0 Å². The second kappa shape index (κ2) is 8.93. The molecule has 0 aromatic carbocycles. The highest BCUT2D eigenvalue weighted by molar-refractivity contribution is 5.73. The van der Waals surface area contributed by atoms with E-state index in [9.17, 15) is 4.79 Å². The molecule has 5 heterocycles. The summed E-state index contributed by atoms with van der Waals surface area (Å²) in [6.45, 7) is 5.00. The zero-order valence-corrected chi connectivity index (χ0v) is 17.5. The van der Waals surface area contributed by atoms with Crippen LogP contribution in [0, 0.1) is 5.92 Å². The Bertz CT molecular complexity index is 1010. The van der Waals surface area contributed by atoms with E-state index in [-0.39, 0.29) is 0 Å². The molecule has 1 aliphatic carbocycles. The van der Waals surface area contributed by atoms with Gasteiger partial charge in [-0.1, -0.05) is 0 Å². The first-order valence-electron chi connectivity index (χ1n) is 11.1. The lowest BCUT2D eigenvalue weighted by molar-refractivity contribution is -0.109. The summed E-state index contributed by atoms with van der Waals surface area (Å²) >= 11 is 0. The zero-order chi connectivity index (χ0) is 21.0. The molecule has 2 aliphatic heterocycles. The van der Waals surface area contributed by atoms with Crippen molar-refractivity contribution >= 4 is 29.5 Å². The summed E-state index contributed by atoms with van der Waals surface area (Å²) in [6.07, 6.45) is 7.65. The van der Waals surface area contributed by atoms with E-state index in [0.717, 1.165) is 62.2 Å². The fourth-order valence-corrected chi connectivity index (χ4v) is 3.90.